The molecule has 0 radical (unpaired) electrons. The van der Waals surface area contributed by atoms with Gasteiger partial charge in [0.1, 0.15) is 12.6 Å². The van der Waals surface area contributed by atoms with Crippen LogP contribution < -0.4 is 5.32 Å². The van der Waals surface area contributed by atoms with Crippen LogP contribution in [0.1, 0.15) is 24.0 Å². The topological polar surface area (TPSA) is 114 Å². The Kier molecular flexibility index (Phi) is 6.85. The number of benzene rings is 2. The second-order valence-electron chi connectivity index (χ2n) is 8.53. The molecule has 9 nitrogen and oxygen atoms in total. The van der Waals surface area contributed by atoms with Crippen LogP contribution in [0.2, 0.25) is 0 Å². The number of carbonyl (C=O) groups excluding carboxylic acids is 2. The van der Waals surface area contributed by atoms with Crippen molar-refractivity contribution in [3.63, 3.8) is 0 Å². The fourth-order valence-corrected chi connectivity index (χ4v) is 4.64. The zero-order chi connectivity index (χ0) is 24.3. The first kappa shape index (κ1) is 23.7. The number of carbonyl (C=O) groups is 3. The normalized spacial score (nSPS) is 20.2. The first-order chi connectivity index (χ1) is 16.4. The fraction of sp³-hybridized carbons (Fsp3) is 0.400. The molecule has 34 heavy (non-hydrogen) atoms. The van der Waals surface area contributed by atoms with E-state index in [9.17, 15) is 19.5 Å². The van der Waals surface area contributed by atoms with Gasteiger partial charge in [-0.15, -0.1) is 0 Å². The van der Waals surface area contributed by atoms with Gasteiger partial charge < -0.3 is 29.5 Å². The van der Waals surface area contributed by atoms with Crippen LogP contribution in [0.4, 0.5) is 4.79 Å². The summed E-state index contributed by atoms with van der Waals surface area (Å²) in [4.78, 5) is 38.5. The Balaban J connectivity index is 1.36. The molecule has 0 spiro atoms. The van der Waals surface area contributed by atoms with Gasteiger partial charge in [-0.1, -0.05) is 48.5 Å². The first-order valence-electron chi connectivity index (χ1n) is 11.1. The number of methoxy groups -OCH3 is 1. The van der Waals surface area contributed by atoms with E-state index < -0.39 is 29.6 Å². The number of ether oxygens (including phenoxy) is 3. The van der Waals surface area contributed by atoms with Crippen LogP contribution in [0, 0.1) is 0 Å². The molecular formula is C25H28N2O7. The van der Waals surface area contributed by atoms with Gasteiger partial charge in [0.05, 0.1) is 19.8 Å². The molecule has 2 atom stereocenters. The van der Waals surface area contributed by atoms with Crippen molar-refractivity contribution in [1.29, 1.82) is 0 Å². The molecule has 0 saturated carbocycles. The molecule has 1 fully saturated rings. The van der Waals surface area contributed by atoms with Crippen molar-refractivity contribution in [2.75, 3.05) is 40.0 Å². The summed E-state index contributed by atoms with van der Waals surface area (Å²) in [7, 11) is 1.37. The van der Waals surface area contributed by atoms with Crippen LogP contribution in [-0.4, -0.2) is 79.6 Å². The second-order valence-corrected chi connectivity index (χ2v) is 8.53. The molecular weight excluding hydrogens is 440 g/mol. The predicted molar refractivity (Wildman–Crippen MR) is 122 cm³/mol. The van der Waals surface area contributed by atoms with Crippen LogP contribution >= 0.6 is 0 Å². The zero-order valence-electron chi connectivity index (χ0n) is 19.2. The van der Waals surface area contributed by atoms with E-state index in [1.54, 1.807) is 0 Å². The first-order valence-corrected chi connectivity index (χ1v) is 11.1. The van der Waals surface area contributed by atoms with Gasteiger partial charge in [0.2, 0.25) is 11.5 Å². The molecule has 2 aromatic rings. The Labute approximate surface area is 197 Å². The van der Waals surface area contributed by atoms with E-state index in [0.717, 1.165) is 22.3 Å². The second kappa shape index (κ2) is 9.82. The monoisotopic (exact) mass is 468 g/mol. The highest BCUT2D eigenvalue weighted by atomic mass is 16.6. The number of fused-ring (bicyclic) bond motifs is 3. The minimum absolute atomic E-state index is 0.0546. The molecule has 180 valence electrons. The number of nitrogens with one attached hydrogen (secondary N) is 1. The Hall–Kier alpha value is -3.43. The molecule has 1 saturated heterocycles. The Morgan fingerprint density at radius 3 is 2.35 bits per heavy atom. The molecule has 0 aromatic heterocycles. The standard InChI is InChI=1S/C25H28N2O7/c1-16(22(28)27-11-12-34-25(14-27,15-32-2)23(29)30)26-24(31)33-13-21-19-9-5-3-7-17(19)18-8-4-6-10-20(18)21/h3-10,16,21H,11-15H2,1-2H3,(H,26,31)(H,29,30). The van der Waals surface area contributed by atoms with Gasteiger partial charge in [-0.3, -0.25) is 4.79 Å². The van der Waals surface area contributed by atoms with Gasteiger partial charge in [-0.05, 0) is 29.2 Å². The van der Waals surface area contributed by atoms with Gasteiger partial charge in [-0.25, -0.2) is 9.59 Å². The molecule has 1 aliphatic carbocycles. The maximum atomic E-state index is 12.9. The summed E-state index contributed by atoms with van der Waals surface area (Å²) in [5.74, 6) is -1.71. The number of morpholine rings is 1. The largest absolute Gasteiger partial charge is 0.479 e. The molecule has 0 bridgehead atoms. The van der Waals surface area contributed by atoms with E-state index in [0.29, 0.717) is 0 Å². The van der Waals surface area contributed by atoms with Gasteiger partial charge in [-0.2, -0.15) is 0 Å². The number of alkyl carbamates (subject to hydrolysis) is 1. The van der Waals surface area contributed by atoms with Crippen LogP contribution in [0.15, 0.2) is 48.5 Å². The van der Waals surface area contributed by atoms with E-state index in [1.807, 2.05) is 36.4 Å². The third-order valence-electron chi connectivity index (χ3n) is 6.31. The number of hydrogen-bond donors (Lipinski definition) is 2. The van der Waals surface area contributed by atoms with E-state index in [-0.39, 0.29) is 38.8 Å². The Morgan fingerprint density at radius 2 is 1.76 bits per heavy atom. The quantitative estimate of drug-likeness (QED) is 0.641. The van der Waals surface area contributed by atoms with Crippen molar-refractivity contribution in [2.24, 2.45) is 0 Å². The summed E-state index contributed by atoms with van der Waals surface area (Å²) in [6.07, 6.45) is -0.711. The van der Waals surface area contributed by atoms with Gasteiger partial charge in [0.15, 0.2) is 0 Å². The van der Waals surface area contributed by atoms with Crippen molar-refractivity contribution in [2.45, 2.75) is 24.5 Å². The number of hydrogen-bond acceptors (Lipinski definition) is 6. The summed E-state index contributed by atoms with van der Waals surface area (Å²) >= 11 is 0. The molecule has 2 aromatic carbocycles. The predicted octanol–water partition coefficient (Wildman–Crippen LogP) is 2.24. The van der Waals surface area contributed by atoms with Crippen molar-refractivity contribution in [3.8, 4) is 11.1 Å². The summed E-state index contributed by atoms with van der Waals surface area (Å²) < 4.78 is 15.9. The van der Waals surface area contributed by atoms with Crippen LogP contribution in [0.3, 0.4) is 0 Å². The fourth-order valence-electron chi connectivity index (χ4n) is 4.64. The average Bonchev–Trinajstić information content (AvgIpc) is 3.16. The smallest absolute Gasteiger partial charge is 0.407 e. The lowest BCUT2D eigenvalue weighted by atomic mass is 9.98. The molecule has 1 aliphatic heterocycles. The van der Waals surface area contributed by atoms with Crippen LogP contribution in [0.5, 0.6) is 0 Å². The molecule has 2 amide bonds. The summed E-state index contributed by atoms with van der Waals surface area (Å²) in [6, 6.07) is 15.1. The maximum Gasteiger partial charge on any atom is 0.407 e. The number of nitrogens with zero attached hydrogens (tertiary/aromatic N) is 1. The van der Waals surface area contributed by atoms with E-state index >= 15 is 0 Å². The number of amides is 2. The lowest BCUT2D eigenvalue weighted by Gasteiger charge is -2.40. The highest BCUT2D eigenvalue weighted by Crippen LogP contribution is 2.44. The highest BCUT2D eigenvalue weighted by Gasteiger charge is 2.46. The molecule has 2 N–H and O–H groups in total. The molecule has 1 heterocycles. The minimum atomic E-state index is -1.63. The minimum Gasteiger partial charge on any atom is -0.479 e. The number of rotatable bonds is 7. The Bertz CT molecular complexity index is 1040. The van der Waals surface area contributed by atoms with E-state index in [4.69, 9.17) is 14.2 Å². The molecule has 2 unspecified atom stereocenters. The van der Waals surface area contributed by atoms with Crippen LogP contribution in [0.25, 0.3) is 11.1 Å². The third kappa shape index (κ3) is 4.49. The molecule has 4 rings (SSSR count). The lowest BCUT2D eigenvalue weighted by Crippen LogP contribution is -2.62. The third-order valence-corrected chi connectivity index (χ3v) is 6.31. The number of carboxylic acids is 1. The van der Waals surface area contributed by atoms with Crippen molar-refractivity contribution >= 4 is 18.0 Å². The van der Waals surface area contributed by atoms with E-state index in [1.165, 1.54) is 18.9 Å². The lowest BCUT2D eigenvalue weighted by molar-refractivity contribution is -0.189. The summed E-state index contributed by atoms with van der Waals surface area (Å²) in [5, 5.41) is 12.1. The number of aliphatic carboxylic acids is 1. The molecule has 9 heteroatoms. The molecule has 2 aliphatic rings. The SMILES string of the molecule is COCC1(C(=O)O)CN(C(=O)C(C)NC(=O)OCC2c3ccccc3-c3ccccc32)CCO1. The van der Waals surface area contributed by atoms with Gasteiger partial charge in [0.25, 0.3) is 0 Å². The van der Waals surface area contributed by atoms with Crippen molar-refractivity contribution in [1.82, 2.24) is 10.2 Å². The number of carboxylic acid groups (broad SMARTS) is 1. The summed E-state index contributed by atoms with van der Waals surface area (Å²) in [6.45, 7) is 1.58. The van der Waals surface area contributed by atoms with Gasteiger partial charge in [0, 0.05) is 19.6 Å². The average molecular weight is 469 g/mol. The van der Waals surface area contributed by atoms with Crippen molar-refractivity contribution < 1.29 is 33.7 Å². The van der Waals surface area contributed by atoms with Crippen LogP contribution in [-0.2, 0) is 23.8 Å². The Morgan fingerprint density at radius 1 is 1.15 bits per heavy atom. The van der Waals surface area contributed by atoms with E-state index in [2.05, 4.69) is 17.4 Å². The van der Waals surface area contributed by atoms with Gasteiger partial charge >= 0.3 is 12.1 Å². The van der Waals surface area contributed by atoms with Crippen molar-refractivity contribution in [3.05, 3.63) is 59.7 Å². The zero-order valence-corrected chi connectivity index (χ0v) is 19.2. The maximum absolute atomic E-state index is 12.9. The highest BCUT2D eigenvalue weighted by molar-refractivity contribution is 5.87. The summed E-state index contributed by atoms with van der Waals surface area (Å²) in [5.41, 5.74) is 2.81.